The van der Waals surface area contributed by atoms with Crippen molar-refractivity contribution in [3.8, 4) is 11.3 Å². The van der Waals surface area contributed by atoms with Crippen LogP contribution in [0.25, 0.3) is 11.3 Å². The standard InChI is InChI=1S/C25H23ClFN3O3/c1-14-21(11-18(12-22(14)27)25(32)29-20-8-9-20)23-10-5-17(13-30(23)33)24(31)28-15(2)16-3-6-19(26)7-4-16/h3-7,10-13,15,20H,8-9H2,1-2H3,(H,28,31)(H,29,32). The van der Waals surface area contributed by atoms with E-state index in [2.05, 4.69) is 10.6 Å². The van der Waals surface area contributed by atoms with E-state index < -0.39 is 11.7 Å². The molecule has 2 N–H and O–H groups in total. The molecule has 170 valence electrons. The molecule has 1 atom stereocenters. The lowest BCUT2D eigenvalue weighted by molar-refractivity contribution is -0.593. The van der Waals surface area contributed by atoms with Gasteiger partial charge in [-0.2, -0.15) is 4.73 Å². The third-order valence-electron chi connectivity index (χ3n) is 5.69. The van der Waals surface area contributed by atoms with Crippen LogP contribution in [0.1, 0.15) is 57.7 Å². The van der Waals surface area contributed by atoms with Crippen molar-refractivity contribution in [3.63, 3.8) is 0 Å². The molecule has 3 aromatic rings. The molecule has 0 radical (unpaired) electrons. The maximum Gasteiger partial charge on any atom is 0.257 e. The molecule has 0 spiro atoms. The second kappa shape index (κ2) is 9.19. The summed E-state index contributed by atoms with van der Waals surface area (Å²) in [4.78, 5) is 25.1. The summed E-state index contributed by atoms with van der Waals surface area (Å²) in [7, 11) is 0. The Hall–Kier alpha value is -3.45. The largest absolute Gasteiger partial charge is 0.618 e. The monoisotopic (exact) mass is 467 g/mol. The second-order valence-corrected chi connectivity index (χ2v) is 8.69. The number of aromatic nitrogens is 1. The Bertz CT molecular complexity index is 1230. The molecule has 2 aromatic carbocycles. The van der Waals surface area contributed by atoms with Gasteiger partial charge in [-0.1, -0.05) is 23.7 Å². The summed E-state index contributed by atoms with van der Waals surface area (Å²) in [6.45, 7) is 3.37. The van der Waals surface area contributed by atoms with Crippen molar-refractivity contribution in [3.05, 3.63) is 93.0 Å². The summed E-state index contributed by atoms with van der Waals surface area (Å²) in [5, 5.41) is 19.0. The number of nitrogens with one attached hydrogen (secondary N) is 2. The molecule has 1 fully saturated rings. The first-order chi connectivity index (χ1) is 15.7. The molecule has 2 amide bonds. The highest BCUT2D eigenvalue weighted by atomic mass is 35.5. The first kappa shape index (κ1) is 22.7. The molecule has 1 aromatic heterocycles. The molecular formula is C25H23ClFN3O3. The highest BCUT2D eigenvalue weighted by molar-refractivity contribution is 6.30. The molecule has 1 saturated carbocycles. The fourth-order valence-electron chi connectivity index (χ4n) is 3.51. The molecule has 6 nitrogen and oxygen atoms in total. The Kier molecular flexibility index (Phi) is 6.33. The molecule has 8 heteroatoms. The molecule has 1 aliphatic carbocycles. The normalized spacial score (nSPS) is 13.9. The minimum Gasteiger partial charge on any atom is -0.618 e. The van der Waals surface area contributed by atoms with E-state index in [9.17, 15) is 19.2 Å². The highest BCUT2D eigenvalue weighted by Crippen LogP contribution is 2.26. The Balaban J connectivity index is 1.57. The molecule has 1 heterocycles. The first-order valence-electron chi connectivity index (χ1n) is 10.6. The van der Waals surface area contributed by atoms with E-state index in [1.165, 1.54) is 24.3 Å². The maximum absolute atomic E-state index is 14.5. The van der Waals surface area contributed by atoms with Crippen LogP contribution in [-0.2, 0) is 0 Å². The Morgan fingerprint density at radius 3 is 2.42 bits per heavy atom. The quantitative estimate of drug-likeness (QED) is 0.414. The van der Waals surface area contributed by atoms with E-state index in [4.69, 9.17) is 11.6 Å². The zero-order valence-corrected chi connectivity index (χ0v) is 18.9. The van der Waals surface area contributed by atoms with Crippen LogP contribution in [0.2, 0.25) is 5.02 Å². The summed E-state index contributed by atoms with van der Waals surface area (Å²) in [6, 6.07) is 12.6. The van der Waals surface area contributed by atoms with Crippen molar-refractivity contribution in [1.82, 2.24) is 10.6 Å². The van der Waals surface area contributed by atoms with Crippen LogP contribution in [0.3, 0.4) is 0 Å². The fraction of sp³-hybridized carbons (Fsp3) is 0.240. The number of halogens is 2. The summed E-state index contributed by atoms with van der Waals surface area (Å²) < 4.78 is 15.1. The molecule has 0 aliphatic heterocycles. The molecule has 1 unspecified atom stereocenters. The van der Waals surface area contributed by atoms with Crippen molar-refractivity contribution in [2.75, 3.05) is 0 Å². The van der Waals surface area contributed by atoms with Gasteiger partial charge in [-0.25, -0.2) is 4.39 Å². The van der Waals surface area contributed by atoms with Gasteiger partial charge in [0.15, 0.2) is 6.20 Å². The molecule has 0 bridgehead atoms. The molecule has 4 rings (SSSR count). The zero-order valence-electron chi connectivity index (χ0n) is 18.2. The van der Waals surface area contributed by atoms with Gasteiger partial charge in [-0.3, -0.25) is 9.59 Å². The van der Waals surface area contributed by atoms with E-state index >= 15 is 0 Å². The van der Waals surface area contributed by atoms with Gasteiger partial charge in [0, 0.05) is 22.7 Å². The van der Waals surface area contributed by atoms with Crippen LogP contribution in [0, 0.1) is 17.9 Å². The summed E-state index contributed by atoms with van der Waals surface area (Å²) in [6.07, 6.45) is 2.97. The molecular weight excluding hydrogens is 445 g/mol. The van der Waals surface area contributed by atoms with Crippen molar-refractivity contribution in [1.29, 1.82) is 0 Å². The smallest absolute Gasteiger partial charge is 0.257 e. The molecule has 0 saturated heterocycles. The fourth-order valence-corrected chi connectivity index (χ4v) is 3.64. The van der Waals surface area contributed by atoms with Gasteiger partial charge in [0.25, 0.3) is 11.8 Å². The Morgan fingerprint density at radius 1 is 1.09 bits per heavy atom. The lowest BCUT2D eigenvalue weighted by Crippen LogP contribution is -2.33. The number of pyridine rings is 1. The number of amides is 2. The van der Waals surface area contributed by atoms with Crippen LogP contribution in [0.4, 0.5) is 4.39 Å². The Labute approximate surface area is 196 Å². The van der Waals surface area contributed by atoms with Crippen molar-refractivity contribution in [2.45, 2.75) is 38.8 Å². The van der Waals surface area contributed by atoms with Crippen molar-refractivity contribution >= 4 is 23.4 Å². The third-order valence-corrected chi connectivity index (χ3v) is 5.94. The minimum absolute atomic E-state index is 0.128. The zero-order chi connectivity index (χ0) is 23.7. The van der Waals surface area contributed by atoms with E-state index in [1.54, 1.807) is 19.1 Å². The first-order valence-corrected chi connectivity index (χ1v) is 11.0. The second-order valence-electron chi connectivity index (χ2n) is 8.25. The number of hydrogen-bond donors (Lipinski definition) is 2. The van der Waals surface area contributed by atoms with Crippen molar-refractivity contribution < 1.29 is 18.7 Å². The number of carbonyl (C=O) groups excluding carboxylic acids is 2. The summed E-state index contributed by atoms with van der Waals surface area (Å²) in [5.74, 6) is -1.37. The Morgan fingerprint density at radius 2 is 1.79 bits per heavy atom. The average Bonchev–Trinajstić information content (AvgIpc) is 3.60. The van der Waals surface area contributed by atoms with Crippen LogP contribution in [0.5, 0.6) is 0 Å². The topological polar surface area (TPSA) is 85.1 Å². The van der Waals surface area contributed by atoms with Gasteiger partial charge < -0.3 is 15.8 Å². The lowest BCUT2D eigenvalue weighted by Gasteiger charge is -2.15. The van der Waals surface area contributed by atoms with Gasteiger partial charge >= 0.3 is 0 Å². The van der Waals surface area contributed by atoms with Crippen LogP contribution >= 0.6 is 11.6 Å². The number of hydrogen-bond acceptors (Lipinski definition) is 3. The van der Waals surface area contributed by atoms with E-state index in [0.29, 0.717) is 15.3 Å². The third kappa shape index (κ3) is 5.14. The minimum atomic E-state index is -0.577. The van der Waals surface area contributed by atoms with Gasteiger partial charge in [-0.15, -0.1) is 0 Å². The number of rotatable bonds is 6. The van der Waals surface area contributed by atoms with Crippen LogP contribution in [0.15, 0.2) is 54.7 Å². The van der Waals surface area contributed by atoms with Gasteiger partial charge in [0.2, 0.25) is 5.69 Å². The van der Waals surface area contributed by atoms with E-state index in [-0.39, 0.29) is 40.4 Å². The van der Waals surface area contributed by atoms with Gasteiger partial charge in [0.05, 0.1) is 11.6 Å². The predicted molar refractivity (Wildman–Crippen MR) is 123 cm³/mol. The van der Waals surface area contributed by atoms with Gasteiger partial charge in [0.1, 0.15) is 11.4 Å². The predicted octanol–water partition coefficient (Wildman–Crippen LogP) is 4.47. The number of benzene rings is 2. The molecule has 33 heavy (non-hydrogen) atoms. The average molecular weight is 468 g/mol. The van der Waals surface area contributed by atoms with E-state index in [0.717, 1.165) is 24.6 Å². The van der Waals surface area contributed by atoms with Crippen molar-refractivity contribution in [2.24, 2.45) is 0 Å². The maximum atomic E-state index is 14.5. The summed E-state index contributed by atoms with van der Waals surface area (Å²) >= 11 is 5.90. The number of nitrogens with zero attached hydrogens (tertiary/aromatic N) is 1. The van der Waals surface area contributed by atoms with E-state index in [1.807, 2.05) is 19.1 Å². The number of carbonyl (C=O) groups is 2. The molecule has 1 aliphatic rings. The highest BCUT2D eigenvalue weighted by Gasteiger charge is 2.26. The van der Waals surface area contributed by atoms with Crippen LogP contribution in [-0.4, -0.2) is 17.9 Å². The SMILES string of the molecule is Cc1c(F)cc(C(=O)NC2CC2)cc1-c1ccc(C(=O)NC(C)c2ccc(Cl)cc2)c[n+]1[O-]. The summed E-state index contributed by atoms with van der Waals surface area (Å²) in [5.41, 5.74) is 1.87. The van der Waals surface area contributed by atoms with Crippen LogP contribution < -0.4 is 15.4 Å². The lowest BCUT2D eigenvalue weighted by atomic mass is 10.00. The van der Waals surface area contributed by atoms with Gasteiger partial charge in [-0.05, 0) is 68.1 Å².